The van der Waals surface area contributed by atoms with Crippen molar-refractivity contribution in [2.45, 2.75) is 39.8 Å². The number of pyridine rings is 1. The molecule has 0 unspecified atom stereocenters. The van der Waals surface area contributed by atoms with E-state index in [1.165, 1.54) is 8.97 Å². The monoisotopic (exact) mass is 314 g/mol. The summed E-state index contributed by atoms with van der Waals surface area (Å²) in [5.74, 6) is 0. The fourth-order valence-electron chi connectivity index (χ4n) is 2.76. The standard InChI is InChI=1S/C16H18N4O3/c1-3-8-19-13-12(15(22)20(9-4-2)16(19)23)14(21)18-10-6-5-7-11(18)17-13/h5-7,10H,3-4,8-9H2,1-2H3. The zero-order valence-electron chi connectivity index (χ0n) is 13.2. The quantitative estimate of drug-likeness (QED) is 0.673. The lowest BCUT2D eigenvalue weighted by atomic mass is 10.3. The average molecular weight is 314 g/mol. The first kappa shape index (κ1) is 15.2. The minimum atomic E-state index is -0.560. The van der Waals surface area contributed by atoms with Crippen molar-refractivity contribution in [3.8, 4) is 0 Å². The molecule has 3 heterocycles. The van der Waals surface area contributed by atoms with Crippen LogP contribution in [0.2, 0.25) is 0 Å². The molecule has 120 valence electrons. The fourth-order valence-corrected chi connectivity index (χ4v) is 2.76. The molecular weight excluding hydrogens is 296 g/mol. The maximum absolute atomic E-state index is 12.7. The van der Waals surface area contributed by atoms with E-state index in [9.17, 15) is 14.4 Å². The largest absolute Gasteiger partial charge is 0.332 e. The zero-order chi connectivity index (χ0) is 16.6. The Morgan fingerprint density at radius 1 is 0.957 bits per heavy atom. The third kappa shape index (κ3) is 2.28. The van der Waals surface area contributed by atoms with Gasteiger partial charge in [-0.15, -0.1) is 0 Å². The van der Waals surface area contributed by atoms with Crippen molar-refractivity contribution in [3.63, 3.8) is 0 Å². The summed E-state index contributed by atoms with van der Waals surface area (Å²) in [4.78, 5) is 42.4. The Balaban J connectivity index is 2.60. The van der Waals surface area contributed by atoms with Crippen LogP contribution in [0, 0.1) is 0 Å². The van der Waals surface area contributed by atoms with Gasteiger partial charge in [0.25, 0.3) is 11.1 Å². The highest BCUT2D eigenvalue weighted by Gasteiger charge is 2.17. The Bertz CT molecular complexity index is 1060. The highest BCUT2D eigenvalue weighted by Crippen LogP contribution is 2.05. The molecule has 0 N–H and O–H groups in total. The molecule has 0 saturated heterocycles. The molecule has 7 nitrogen and oxygen atoms in total. The fraction of sp³-hybridized carbons (Fsp3) is 0.375. The summed E-state index contributed by atoms with van der Waals surface area (Å²) in [5, 5.41) is -0.0322. The van der Waals surface area contributed by atoms with Crippen LogP contribution in [0.1, 0.15) is 26.7 Å². The van der Waals surface area contributed by atoms with E-state index in [1.54, 1.807) is 24.4 Å². The number of fused-ring (bicyclic) bond motifs is 2. The van der Waals surface area contributed by atoms with Crippen molar-refractivity contribution in [1.82, 2.24) is 18.5 Å². The van der Waals surface area contributed by atoms with Gasteiger partial charge in [-0.3, -0.25) is 23.1 Å². The Morgan fingerprint density at radius 2 is 1.65 bits per heavy atom. The van der Waals surface area contributed by atoms with Crippen LogP contribution in [-0.2, 0) is 13.1 Å². The predicted octanol–water partition coefficient (Wildman–Crippen LogP) is 0.991. The smallest absolute Gasteiger partial charge is 0.277 e. The van der Waals surface area contributed by atoms with Crippen LogP contribution in [0.25, 0.3) is 16.7 Å². The van der Waals surface area contributed by atoms with E-state index in [0.29, 0.717) is 25.0 Å². The Kier molecular flexibility index (Phi) is 3.85. The van der Waals surface area contributed by atoms with Gasteiger partial charge in [0.1, 0.15) is 11.0 Å². The third-order valence-electron chi connectivity index (χ3n) is 3.79. The minimum absolute atomic E-state index is 0.0322. The summed E-state index contributed by atoms with van der Waals surface area (Å²) in [5.41, 5.74) is -0.814. The highest BCUT2D eigenvalue weighted by molar-refractivity contribution is 5.75. The molecule has 0 aliphatic heterocycles. The van der Waals surface area contributed by atoms with Gasteiger partial charge >= 0.3 is 5.69 Å². The maximum atomic E-state index is 12.7. The van der Waals surface area contributed by atoms with Gasteiger partial charge in [0, 0.05) is 19.3 Å². The van der Waals surface area contributed by atoms with E-state index in [1.807, 2.05) is 13.8 Å². The normalized spacial score (nSPS) is 11.4. The van der Waals surface area contributed by atoms with Gasteiger partial charge in [0.15, 0.2) is 5.65 Å². The Labute approximate surface area is 131 Å². The molecule has 23 heavy (non-hydrogen) atoms. The van der Waals surface area contributed by atoms with Gasteiger partial charge in [-0.2, -0.15) is 0 Å². The molecular formula is C16H18N4O3. The third-order valence-corrected chi connectivity index (χ3v) is 3.79. The number of hydrogen-bond donors (Lipinski definition) is 0. The molecule has 0 atom stereocenters. The number of aromatic nitrogens is 4. The molecule has 7 heteroatoms. The van der Waals surface area contributed by atoms with Gasteiger partial charge in [-0.1, -0.05) is 19.9 Å². The van der Waals surface area contributed by atoms with Gasteiger partial charge < -0.3 is 0 Å². The molecule has 3 aromatic heterocycles. The summed E-state index contributed by atoms with van der Waals surface area (Å²) in [6.45, 7) is 4.51. The first-order valence-corrected chi connectivity index (χ1v) is 7.74. The van der Waals surface area contributed by atoms with E-state index in [-0.39, 0.29) is 17.6 Å². The number of rotatable bonds is 4. The molecule has 3 rings (SSSR count). The second-order valence-electron chi connectivity index (χ2n) is 5.44. The minimum Gasteiger partial charge on any atom is -0.277 e. The highest BCUT2D eigenvalue weighted by atomic mass is 16.2. The van der Waals surface area contributed by atoms with E-state index in [2.05, 4.69) is 4.98 Å². The van der Waals surface area contributed by atoms with Crippen LogP contribution in [0.4, 0.5) is 0 Å². The average Bonchev–Trinajstić information content (AvgIpc) is 2.55. The van der Waals surface area contributed by atoms with E-state index < -0.39 is 16.8 Å². The van der Waals surface area contributed by atoms with Crippen LogP contribution >= 0.6 is 0 Å². The van der Waals surface area contributed by atoms with Crippen LogP contribution in [0.5, 0.6) is 0 Å². The van der Waals surface area contributed by atoms with E-state index in [0.717, 1.165) is 4.57 Å². The van der Waals surface area contributed by atoms with Crippen molar-refractivity contribution < 1.29 is 0 Å². The molecule has 0 aliphatic carbocycles. The predicted molar refractivity (Wildman–Crippen MR) is 88.1 cm³/mol. The SMILES string of the molecule is CCCn1c(=O)c2c(=O)n3ccccc3nc2n(CCC)c1=O. The molecule has 0 saturated carbocycles. The van der Waals surface area contributed by atoms with Crippen LogP contribution in [0.15, 0.2) is 38.8 Å². The lowest BCUT2D eigenvalue weighted by Crippen LogP contribution is -2.42. The van der Waals surface area contributed by atoms with Crippen LogP contribution < -0.4 is 16.8 Å². The second kappa shape index (κ2) is 5.83. The summed E-state index contributed by atoms with van der Waals surface area (Å²) >= 11 is 0. The first-order valence-electron chi connectivity index (χ1n) is 7.74. The van der Waals surface area contributed by atoms with Gasteiger partial charge in [-0.25, -0.2) is 9.78 Å². The summed E-state index contributed by atoms with van der Waals surface area (Å²) in [7, 11) is 0. The number of hydrogen-bond acceptors (Lipinski definition) is 4. The first-order chi connectivity index (χ1) is 11.1. The molecule has 0 aliphatic rings. The summed E-state index contributed by atoms with van der Waals surface area (Å²) in [6, 6.07) is 5.14. The van der Waals surface area contributed by atoms with Crippen LogP contribution in [-0.4, -0.2) is 18.5 Å². The van der Waals surface area contributed by atoms with E-state index in [4.69, 9.17) is 0 Å². The van der Waals surface area contributed by atoms with Crippen molar-refractivity contribution in [2.24, 2.45) is 0 Å². The van der Waals surface area contributed by atoms with Crippen molar-refractivity contribution in [2.75, 3.05) is 0 Å². The van der Waals surface area contributed by atoms with E-state index >= 15 is 0 Å². The van der Waals surface area contributed by atoms with Gasteiger partial charge in [-0.05, 0) is 25.0 Å². The maximum Gasteiger partial charge on any atom is 0.332 e. The van der Waals surface area contributed by atoms with Crippen molar-refractivity contribution in [3.05, 3.63) is 55.6 Å². The van der Waals surface area contributed by atoms with Gasteiger partial charge in [0.2, 0.25) is 0 Å². The van der Waals surface area contributed by atoms with Crippen molar-refractivity contribution in [1.29, 1.82) is 0 Å². The lowest BCUT2D eigenvalue weighted by Gasteiger charge is -2.12. The summed E-state index contributed by atoms with van der Waals surface area (Å²) in [6.07, 6.45) is 2.91. The topological polar surface area (TPSA) is 78.4 Å². The van der Waals surface area contributed by atoms with Crippen LogP contribution in [0.3, 0.4) is 0 Å². The second-order valence-corrected chi connectivity index (χ2v) is 5.44. The molecule has 0 bridgehead atoms. The summed E-state index contributed by atoms with van der Waals surface area (Å²) < 4.78 is 3.90. The molecule has 0 aromatic carbocycles. The molecule has 0 radical (unpaired) electrons. The van der Waals surface area contributed by atoms with Gasteiger partial charge in [0.05, 0.1) is 0 Å². The Morgan fingerprint density at radius 3 is 2.35 bits per heavy atom. The molecule has 0 fully saturated rings. The number of aryl methyl sites for hydroxylation is 1. The molecule has 0 spiro atoms. The van der Waals surface area contributed by atoms with Crippen molar-refractivity contribution >= 4 is 16.7 Å². The zero-order valence-corrected chi connectivity index (χ0v) is 13.2. The molecule has 0 amide bonds. The molecule has 3 aromatic rings. The lowest BCUT2D eigenvalue weighted by molar-refractivity contribution is 0.554. The Hall–Kier alpha value is -2.70. The number of nitrogens with zero attached hydrogens (tertiary/aromatic N) is 4.